The summed E-state index contributed by atoms with van der Waals surface area (Å²) >= 11 is 0. The van der Waals surface area contributed by atoms with E-state index in [4.69, 9.17) is 5.11 Å². The molecular weight excluding hydrogens is 214 g/mol. The highest BCUT2D eigenvalue weighted by atomic mass is 16.4. The van der Waals surface area contributed by atoms with Gasteiger partial charge in [-0.1, -0.05) is 19.1 Å². The van der Waals surface area contributed by atoms with Crippen molar-refractivity contribution < 1.29 is 9.90 Å². The second-order valence-electron chi connectivity index (χ2n) is 4.71. The van der Waals surface area contributed by atoms with Gasteiger partial charge in [0.25, 0.3) is 0 Å². The van der Waals surface area contributed by atoms with Gasteiger partial charge in [0, 0.05) is 6.54 Å². The number of aromatic carboxylic acids is 1. The number of rotatable bonds is 4. The highest BCUT2D eigenvalue weighted by molar-refractivity contribution is 5.87. The number of carboxylic acids is 1. The lowest BCUT2D eigenvalue weighted by Crippen LogP contribution is -2.20. The molecule has 1 aromatic rings. The van der Waals surface area contributed by atoms with Crippen LogP contribution in [0.25, 0.3) is 0 Å². The Morgan fingerprint density at radius 2 is 2.12 bits per heavy atom. The summed E-state index contributed by atoms with van der Waals surface area (Å²) in [6.07, 6.45) is 2.39. The summed E-state index contributed by atoms with van der Waals surface area (Å²) in [5.74, 6) is -0.278. The SMILES string of the molecule is CCCN1CCC(c2ccc(C(=O)O)cc2)C1. The molecule has 1 aliphatic rings. The lowest BCUT2D eigenvalue weighted by Gasteiger charge is -2.14. The smallest absolute Gasteiger partial charge is 0.335 e. The van der Waals surface area contributed by atoms with Crippen LogP contribution in [0.2, 0.25) is 0 Å². The van der Waals surface area contributed by atoms with Crippen molar-refractivity contribution in [2.24, 2.45) is 0 Å². The summed E-state index contributed by atoms with van der Waals surface area (Å²) in [6, 6.07) is 7.34. The summed E-state index contributed by atoms with van der Waals surface area (Å²) in [6.45, 7) is 5.65. The fourth-order valence-electron chi connectivity index (χ4n) is 2.52. The van der Waals surface area contributed by atoms with Crippen molar-refractivity contribution >= 4 is 5.97 Å². The standard InChI is InChI=1S/C14H19NO2/c1-2-8-15-9-7-13(10-15)11-3-5-12(6-4-11)14(16)17/h3-6,13H,2,7-10H2,1H3,(H,16,17). The van der Waals surface area contributed by atoms with E-state index in [1.54, 1.807) is 12.1 Å². The van der Waals surface area contributed by atoms with Crippen molar-refractivity contribution in [2.45, 2.75) is 25.7 Å². The molecule has 0 aliphatic carbocycles. The number of hydrogen-bond acceptors (Lipinski definition) is 2. The molecule has 1 aromatic carbocycles. The molecule has 0 saturated carbocycles. The molecule has 0 aromatic heterocycles. The molecule has 92 valence electrons. The minimum atomic E-state index is -0.851. The molecule has 1 atom stereocenters. The monoisotopic (exact) mass is 233 g/mol. The zero-order chi connectivity index (χ0) is 12.3. The topological polar surface area (TPSA) is 40.5 Å². The number of likely N-dealkylation sites (tertiary alicyclic amines) is 1. The van der Waals surface area contributed by atoms with Crippen molar-refractivity contribution in [1.82, 2.24) is 4.90 Å². The van der Waals surface area contributed by atoms with Gasteiger partial charge in [0.2, 0.25) is 0 Å². The first-order chi connectivity index (χ1) is 8.20. The average Bonchev–Trinajstić information content (AvgIpc) is 2.78. The summed E-state index contributed by atoms with van der Waals surface area (Å²) in [5.41, 5.74) is 1.64. The van der Waals surface area contributed by atoms with Gasteiger partial charge in [-0.15, -0.1) is 0 Å². The molecule has 1 saturated heterocycles. The molecule has 1 unspecified atom stereocenters. The second-order valence-corrected chi connectivity index (χ2v) is 4.71. The van der Waals surface area contributed by atoms with Crippen molar-refractivity contribution in [3.05, 3.63) is 35.4 Å². The van der Waals surface area contributed by atoms with E-state index in [1.165, 1.54) is 31.5 Å². The van der Waals surface area contributed by atoms with Crippen LogP contribution in [0.15, 0.2) is 24.3 Å². The minimum absolute atomic E-state index is 0.372. The van der Waals surface area contributed by atoms with Crippen molar-refractivity contribution in [3.8, 4) is 0 Å². The van der Waals surface area contributed by atoms with Crippen molar-refractivity contribution in [3.63, 3.8) is 0 Å². The average molecular weight is 233 g/mol. The Labute approximate surface area is 102 Å². The molecule has 17 heavy (non-hydrogen) atoms. The highest BCUT2D eigenvalue weighted by Gasteiger charge is 2.22. The molecule has 2 rings (SSSR count). The zero-order valence-electron chi connectivity index (χ0n) is 10.2. The van der Waals surface area contributed by atoms with Crippen LogP contribution in [-0.4, -0.2) is 35.6 Å². The van der Waals surface area contributed by atoms with E-state index < -0.39 is 5.97 Å². The third kappa shape index (κ3) is 2.86. The number of hydrogen-bond donors (Lipinski definition) is 1. The fraction of sp³-hybridized carbons (Fsp3) is 0.500. The molecule has 1 N–H and O–H groups in total. The largest absolute Gasteiger partial charge is 0.478 e. The molecule has 0 radical (unpaired) electrons. The van der Waals surface area contributed by atoms with Gasteiger partial charge in [0.05, 0.1) is 5.56 Å². The van der Waals surface area contributed by atoms with Crippen LogP contribution in [-0.2, 0) is 0 Å². The van der Waals surface area contributed by atoms with Gasteiger partial charge in [-0.25, -0.2) is 4.79 Å². The van der Waals surface area contributed by atoms with E-state index in [0.717, 1.165) is 6.54 Å². The Hall–Kier alpha value is -1.35. The number of carboxylic acid groups (broad SMARTS) is 1. The highest BCUT2D eigenvalue weighted by Crippen LogP contribution is 2.27. The molecule has 1 fully saturated rings. The Kier molecular flexibility index (Phi) is 3.79. The molecule has 0 spiro atoms. The van der Waals surface area contributed by atoms with Gasteiger partial charge in [0.1, 0.15) is 0 Å². The molecule has 3 nitrogen and oxygen atoms in total. The van der Waals surface area contributed by atoms with Crippen LogP contribution < -0.4 is 0 Å². The molecule has 3 heteroatoms. The van der Waals surface area contributed by atoms with Crippen LogP contribution in [0, 0.1) is 0 Å². The maximum absolute atomic E-state index is 10.8. The summed E-state index contributed by atoms with van der Waals surface area (Å²) in [5, 5.41) is 8.84. The molecule has 1 heterocycles. The van der Waals surface area contributed by atoms with E-state index in [9.17, 15) is 4.79 Å². The molecule has 0 bridgehead atoms. The van der Waals surface area contributed by atoms with Gasteiger partial charge >= 0.3 is 5.97 Å². The van der Waals surface area contributed by atoms with E-state index in [2.05, 4.69) is 11.8 Å². The van der Waals surface area contributed by atoms with Crippen LogP contribution >= 0.6 is 0 Å². The number of benzene rings is 1. The van der Waals surface area contributed by atoms with Gasteiger partial charge in [-0.3, -0.25) is 0 Å². The van der Waals surface area contributed by atoms with Crippen LogP contribution in [0.1, 0.15) is 41.6 Å². The van der Waals surface area contributed by atoms with E-state index in [1.807, 2.05) is 12.1 Å². The first-order valence-electron chi connectivity index (χ1n) is 6.26. The maximum atomic E-state index is 10.8. The van der Waals surface area contributed by atoms with Gasteiger partial charge in [-0.2, -0.15) is 0 Å². The Balaban J connectivity index is 2.01. The normalized spacial score (nSPS) is 20.6. The predicted octanol–water partition coefficient (Wildman–Crippen LogP) is 2.58. The lowest BCUT2D eigenvalue weighted by atomic mass is 9.97. The maximum Gasteiger partial charge on any atom is 0.335 e. The van der Waals surface area contributed by atoms with Crippen molar-refractivity contribution in [1.29, 1.82) is 0 Å². The van der Waals surface area contributed by atoms with Crippen LogP contribution in [0.3, 0.4) is 0 Å². The lowest BCUT2D eigenvalue weighted by molar-refractivity contribution is 0.0697. The van der Waals surface area contributed by atoms with E-state index >= 15 is 0 Å². The van der Waals surface area contributed by atoms with E-state index in [-0.39, 0.29) is 0 Å². The van der Waals surface area contributed by atoms with Gasteiger partial charge < -0.3 is 10.0 Å². The number of nitrogens with zero attached hydrogens (tertiary/aromatic N) is 1. The molecule has 0 amide bonds. The first kappa shape index (κ1) is 12.1. The van der Waals surface area contributed by atoms with Crippen LogP contribution in [0.4, 0.5) is 0 Å². The van der Waals surface area contributed by atoms with Crippen molar-refractivity contribution in [2.75, 3.05) is 19.6 Å². The summed E-state index contributed by atoms with van der Waals surface area (Å²) < 4.78 is 0. The Morgan fingerprint density at radius 1 is 1.41 bits per heavy atom. The molecular formula is C14H19NO2. The third-order valence-electron chi connectivity index (χ3n) is 3.44. The van der Waals surface area contributed by atoms with Crippen LogP contribution in [0.5, 0.6) is 0 Å². The minimum Gasteiger partial charge on any atom is -0.478 e. The molecule has 1 aliphatic heterocycles. The first-order valence-corrected chi connectivity index (χ1v) is 6.26. The summed E-state index contributed by atoms with van der Waals surface area (Å²) in [7, 11) is 0. The van der Waals surface area contributed by atoms with Gasteiger partial charge in [0.15, 0.2) is 0 Å². The summed E-state index contributed by atoms with van der Waals surface area (Å²) in [4.78, 5) is 13.2. The Bertz CT molecular complexity index is 386. The quantitative estimate of drug-likeness (QED) is 0.869. The Morgan fingerprint density at radius 3 is 2.71 bits per heavy atom. The fourth-order valence-corrected chi connectivity index (χ4v) is 2.52. The second kappa shape index (κ2) is 5.32. The third-order valence-corrected chi connectivity index (χ3v) is 3.44. The zero-order valence-corrected chi connectivity index (χ0v) is 10.2. The number of carbonyl (C=O) groups is 1. The van der Waals surface area contributed by atoms with Gasteiger partial charge in [-0.05, 0) is 49.5 Å². The van der Waals surface area contributed by atoms with E-state index in [0.29, 0.717) is 11.5 Å². The predicted molar refractivity (Wildman–Crippen MR) is 67.5 cm³/mol.